The maximum absolute atomic E-state index is 13.6. The van der Waals surface area contributed by atoms with Crippen molar-refractivity contribution >= 4 is 39.4 Å². The van der Waals surface area contributed by atoms with Crippen LogP contribution in [0.1, 0.15) is 5.56 Å². The fourth-order valence-corrected chi connectivity index (χ4v) is 3.14. The molecule has 0 aliphatic carbocycles. The van der Waals surface area contributed by atoms with Crippen molar-refractivity contribution in [3.05, 3.63) is 63.7 Å². The highest BCUT2D eigenvalue weighted by Crippen LogP contribution is 2.17. The second-order valence-corrected chi connectivity index (χ2v) is 5.81. The van der Waals surface area contributed by atoms with Crippen molar-refractivity contribution in [2.45, 2.75) is 0 Å². The highest BCUT2D eigenvalue weighted by atomic mass is 35.5. The van der Waals surface area contributed by atoms with Crippen LogP contribution < -0.4 is 4.80 Å². The maximum Gasteiger partial charge on any atom is 0.211 e. The average molecular weight is 320 g/mol. The van der Waals surface area contributed by atoms with E-state index in [1.807, 2.05) is 35.9 Å². The third-order valence-electron chi connectivity index (χ3n) is 3.04. The van der Waals surface area contributed by atoms with Gasteiger partial charge >= 0.3 is 0 Å². The summed E-state index contributed by atoms with van der Waals surface area (Å²) in [6.45, 7) is 0. The largest absolute Gasteiger partial charge is 0.318 e. The van der Waals surface area contributed by atoms with E-state index in [1.54, 1.807) is 12.1 Å². The minimum atomic E-state index is -0.415. The van der Waals surface area contributed by atoms with Gasteiger partial charge in [0, 0.05) is 12.6 Å². The van der Waals surface area contributed by atoms with Crippen LogP contribution in [0, 0.1) is 5.82 Å². The molecule has 21 heavy (non-hydrogen) atoms. The van der Waals surface area contributed by atoms with Gasteiger partial charge in [-0.2, -0.15) is 5.10 Å². The first-order valence-electron chi connectivity index (χ1n) is 6.22. The van der Waals surface area contributed by atoms with Crippen LogP contribution in [0.5, 0.6) is 0 Å². The number of aryl methyl sites for hydroxylation is 1. The minimum absolute atomic E-state index is 0.242. The molecule has 0 aliphatic heterocycles. The Balaban J connectivity index is 2.02. The Hall–Kier alpha value is -1.98. The summed E-state index contributed by atoms with van der Waals surface area (Å²) in [7, 11) is 1.92. The van der Waals surface area contributed by atoms with Gasteiger partial charge in [0.15, 0.2) is 0 Å². The number of hydrogen-bond acceptors (Lipinski definition) is 3. The molecule has 0 unspecified atom stereocenters. The van der Waals surface area contributed by atoms with Gasteiger partial charge in [-0.05, 0) is 24.3 Å². The van der Waals surface area contributed by atoms with Gasteiger partial charge in [-0.1, -0.05) is 41.1 Å². The Morgan fingerprint density at radius 2 is 2.00 bits per heavy atom. The zero-order chi connectivity index (χ0) is 14.8. The molecule has 0 N–H and O–H groups in total. The molecule has 2 aromatic carbocycles. The molecule has 0 aliphatic rings. The van der Waals surface area contributed by atoms with Crippen molar-refractivity contribution in [1.29, 1.82) is 0 Å². The van der Waals surface area contributed by atoms with E-state index in [9.17, 15) is 4.39 Å². The van der Waals surface area contributed by atoms with Crippen LogP contribution in [0.2, 0.25) is 5.02 Å². The van der Waals surface area contributed by atoms with E-state index in [0.717, 1.165) is 15.0 Å². The van der Waals surface area contributed by atoms with E-state index in [1.165, 1.54) is 23.6 Å². The summed E-state index contributed by atoms with van der Waals surface area (Å²) in [5, 5.41) is 8.42. The van der Waals surface area contributed by atoms with E-state index >= 15 is 0 Å². The normalized spacial score (nSPS) is 12.6. The molecule has 6 heteroatoms. The number of para-hydroxylation sites is 1. The smallest absolute Gasteiger partial charge is 0.211 e. The molecule has 0 saturated heterocycles. The zero-order valence-corrected chi connectivity index (χ0v) is 12.7. The predicted molar refractivity (Wildman–Crippen MR) is 85.4 cm³/mol. The molecule has 3 nitrogen and oxygen atoms in total. The third-order valence-corrected chi connectivity index (χ3v) is 4.48. The molecular formula is C15H11ClFN3S. The Bertz CT molecular complexity index is 875. The van der Waals surface area contributed by atoms with Crippen LogP contribution in [0.25, 0.3) is 10.2 Å². The molecule has 106 valence electrons. The van der Waals surface area contributed by atoms with Crippen molar-refractivity contribution in [3.8, 4) is 0 Å². The van der Waals surface area contributed by atoms with E-state index in [0.29, 0.717) is 5.02 Å². The Morgan fingerprint density at radius 1 is 1.19 bits per heavy atom. The van der Waals surface area contributed by atoms with Crippen LogP contribution in [-0.2, 0) is 7.05 Å². The van der Waals surface area contributed by atoms with Gasteiger partial charge in [0.2, 0.25) is 4.80 Å². The second-order valence-electron chi connectivity index (χ2n) is 4.39. The van der Waals surface area contributed by atoms with Crippen molar-refractivity contribution < 1.29 is 4.39 Å². The molecule has 0 fully saturated rings. The van der Waals surface area contributed by atoms with E-state index in [2.05, 4.69) is 10.2 Å². The number of benzene rings is 2. The van der Waals surface area contributed by atoms with Crippen molar-refractivity contribution in [1.82, 2.24) is 4.57 Å². The number of rotatable bonds is 2. The Kier molecular flexibility index (Phi) is 3.86. The first-order valence-corrected chi connectivity index (χ1v) is 7.42. The van der Waals surface area contributed by atoms with Crippen LogP contribution in [0.15, 0.2) is 52.7 Å². The second kappa shape index (κ2) is 5.79. The molecule has 1 heterocycles. The summed E-state index contributed by atoms with van der Waals surface area (Å²) in [6, 6.07) is 12.5. The van der Waals surface area contributed by atoms with Crippen molar-refractivity contribution in [3.63, 3.8) is 0 Å². The van der Waals surface area contributed by atoms with Gasteiger partial charge in [0.25, 0.3) is 0 Å². The molecule has 3 aromatic rings. The first-order chi connectivity index (χ1) is 10.2. The van der Waals surface area contributed by atoms with Crippen LogP contribution in [-0.4, -0.2) is 10.8 Å². The van der Waals surface area contributed by atoms with E-state index in [4.69, 9.17) is 11.6 Å². The number of fused-ring (bicyclic) bond motifs is 1. The lowest BCUT2D eigenvalue weighted by atomic mass is 10.2. The SMILES string of the molecule is Cn1c(=NN=Cc2c(F)cccc2Cl)sc2ccccc21. The summed E-state index contributed by atoms with van der Waals surface area (Å²) in [4.78, 5) is 0.736. The summed E-state index contributed by atoms with van der Waals surface area (Å²) in [5.74, 6) is -0.415. The Labute approximate surface area is 129 Å². The highest BCUT2D eigenvalue weighted by molar-refractivity contribution is 7.16. The summed E-state index contributed by atoms with van der Waals surface area (Å²) in [6.07, 6.45) is 1.34. The lowest BCUT2D eigenvalue weighted by Gasteiger charge is -1.97. The number of nitrogens with zero attached hydrogens (tertiary/aromatic N) is 3. The highest BCUT2D eigenvalue weighted by Gasteiger charge is 2.03. The standard InChI is InChI=1S/C15H11ClFN3S/c1-20-13-7-2-3-8-14(13)21-15(20)19-18-9-10-11(16)5-4-6-12(10)17/h2-9H,1H3. The molecule has 0 atom stereocenters. The van der Waals surface area contributed by atoms with E-state index in [-0.39, 0.29) is 5.56 Å². The fraction of sp³-hybridized carbons (Fsp3) is 0.0667. The predicted octanol–water partition coefficient (Wildman–Crippen LogP) is 3.97. The molecular weight excluding hydrogens is 309 g/mol. The molecule has 0 radical (unpaired) electrons. The summed E-state index contributed by atoms with van der Waals surface area (Å²) in [5.41, 5.74) is 1.33. The maximum atomic E-state index is 13.6. The molecule has 0 amide bonds. The van der Waals surface area contributed by atoms with Gasteiger partial charge in [0.05, 0.1) is 21.5 Å². The van der Waals surface area contributed by atoms with Crippen molar-refractivity contribution in [2.24, 2.45) is 17.3 Å². The molecule has 0 spiro atoms. The number of aromatic nitrogens is 1. The van der Waals surface area contributed by atoms with Crippen LogP contribution >= 0.6 is 22.9 Å². The molecule has 0 bridgehead atoms. The summed E-state index contributed by atoms with van der Waals surface area (Å²) >= 11 is 7.45. The number of hydrogen-bond donors (Lipinski definition) is 0. The minimum Gasteiger partial charge on any atom is -0.318 e. The fourth-order valence-electron chi connectivity index (χ4n) is 1.95. The monoisotopic (exact) mass is 319 g/mol. The van der Waals surface area contributed by atoms with Crippen LogP contribution in [0.4, 0.5) is 4.39 Å². The number of thiazole rings is 1. The topological polar surface area (TPSA) is 29.6 Å². The zero-order valence-electron chi connectivity index (χ0n) is 11.1. The summed E-state index contributed by atoms with van der Waals surface area (Å²) < 4.78 is 16.7. The molecule has 0 saturated carbocycles. The first kappa shape index (κ1) is 14.0. The van der Waals surface area contributed by atoms with Gasteiger partial charge in [-0.25, -0.2) is 4.39 Å². The number of halogens is 2. The van der Waals surface area contributed by atoms with Gasteiger partial charge in [-0.15, -0.1) is 5.10 Å². The van der Waals surface area contributed by atoms with Gasteiger partial charge < -0.3 is 4.57 Å². The van der Waals surface area contributed by atoms with E-state index < -0.39 is 5.82 Å². The van der Waals surface area contributed by atoms with Gasteiger partial charge in [0.1, 0.15) is 5.82 Å². The third kappa shape index (κ3) is 2.75. The Morgan fingerprint density at radius 3 is 2.76 bits per heavy atom. The molecule has 3 rings (SSSR count). The van der Waals surface area contributed by atoms with Crippen LogP contribution in [0.3, 0.4) is 0 Å². The quantitative estimate of drug-likeness (QED) is 0.505. The molecule has 1 aromatic heterocycles. The lowest BCUT2D eigenvalue weighted by Crippen LogP contribution is -2.08. The van der Waals surface area contributed by atoms with Crippen molar-refractivity contribution in [2.75, 3.05) is 0 Å². The average Bonchev–Trinajstić information content (AvgIpc) is 2.79. The van der Waals surface area contributed by atoms with Gasteiger partial charge in [-0.3, -0.25) is 0 Å². The lowest BCUT2D eigenvalue weighted by molar-refractivity contribution is 0.626.